The fourth-order valence-corrected chi connectivity index (χ4v) is 3.01. The first-order valence-corrected chi connectivity index (χ1v) is 8.64. The average molecular weight is 370 g/mol. The third-order valence-corrected chi connectivity index (χ3v) is 5.15. The molecule has 0 aliphatic heterocycles. The van der Waals surface area contributed by atoms with Crippen LogP contribution < -0.4 is 10.5 Å². The Morgan fingerprint density at radius 2 is 1.95 bits per heavy atom. The quantitative estimate of drug-likeness (QED) is 0.847. The molecule has 5 nitrogen and oxygen atoms in total. The summed E-state index contributed by atoms with van der Waals surface area (Å²) >= 11 is 3.33. The van der Waals surface area contributed by atoms with Crippen LogP contribution in [0.1, 0.15) is 11.1 Å². The van der Waals surface area contributed by atoms with Gasteiger partial charge < -0.3 is 5.73 Å². The third kappa shape index (κ3) is 4.03. The van der Waals surface area contributed by atoms with Crippen LogP contribution in [0.2, 0.25) is 0 Å². The topological polar surface area (TPSA) is 85.1 Å². The van der Waals surface area contributed by atoms with Crippen LogP contribution in [-0.4, -0.2) is 19.9 Å². The number of anilines is 1. The van der Waals surface area contributed by atoms with Crippen molar-refractivity contribution in [1.82, 2.24) is 4.98 Å². The number of aryl methyl sites for hydroxylation is 1. The number of pyridine rings is 1. The number of nitrogens with zero attached hydrogens (tertiary/aromatic N) is 1. The Morgan fingerprint density at radius 3 is 2.52 bits per heavy atom. The van der Waals surface area contributed by atoms with Crippen molar-refractivity contribution < 1.29 is 8.42 Å². The van der Waals surface area contributed by atoms with E-state index in [1.165, 1.54) is 0 Å². The van der Waals surface area contributed by atoms with E-state index in [0.29, 0.717) is 12.4 Å². The van der Waals surface area contributed by atoms with E-state index in [9.17, 15) is 8.42 Å². The van der Waals surface area contributed by atoms with E-state index in [1.54, 1.807) is 36.5 Å². The molecule has 1 heterocycles. The Labute approximate surface area is 132 Å². The molecule has 3 N–H and O–H groups in total. The molecule has 0 saturated heterocycles. The van der Waals surface area contributed by atoms with Gasteiger partial charge in [-0.1, -0.05) is 12.1 Å². The lowest BCUT2D eigenvalue weighted by Crippen LogP contribution is -2.14. The molecule has 0 amide bonds. The number of rotatable bonds is 5. The monoisotopic (exact) mass is 369 g/mol. The van der Waals surface area contributed by atoms with E-state index in [0.717, 1.165) is 22.0 Å². The number of aromatic nitrogens is 1. The van der Waals surface area contributed by atoms with Crippen LogP contribution in [-0.2, 0) is 16.4 Å². The first kappa shape index (κ1) is 15.9. The number of hydrogen-bond donors (Lipinski definition) is 2. The summed E-state index contributed by atoms with van der Waals surface area (Å²) in [5.41, 5.74) is 7.38. The Hall–Kier alpha value is -1.44. The summed E-state index contributed by atoms with van der Waals surface area (Å²) in [4.78, 5) is 4.24. The maximum absolute atomic E-state index is 12.3. The van der Waals surface area contributed by atoms with Crippen LogP contribution in [0.15, 0.2) is 45.9 Å². The van der Waals surface area contributed by atoms with Gasteiger partial charge in [-0.05, 0) is 65.1 Å². The van der Waals surface area contributed by atoms with Crippen molar-refractivity contribution in [1.29, 1.82) is 0 Å². The number of sulfonamides is 1. The standard InChI is InChI=1S/C14H16BrN3O2S/c1-10-8-14(17-9-13(10)15)18-21(19,20)12-4-2-11(3-5-12)6-7-16/h2-5,8-9H,6-7,16H2,1H3,(H,17,18). The van der Waals surface area contributed by atoms with Crippen molar-refractivity contribution in [2.75, 3.05) is 11.3 Å². The third-order valence-electron chi connectivity index (χ3n) is 2.95. The van der Waals surface area contributed by atoms with Gasteiger partial charge in [0.15, 0.2) is 0 Å². The normalized spacial score (nSPS) is 11.4. The van der Waals surface area contributed by atoms with Crippen LogP contribution >= 0.6 is 15.9 Å². The largest absolute Gasteiger partial charge is 0.330 e. The summed E-state index contributed by atoms with van der Waals surface area (Å²) in [6.07, 6.45) is 2.29. The molecule has 0 unspecified atom stereocenters. The molecule has 7 heteroatoms. The maximum atomic E-state index is 12.3. The Kier molecular flexibility index (Phi) is 4.97. The van der Waals surface area contributed by atoms with Crippen molar-refractivity contribution in [2.45, 2.75) is 18.2 Å². The maximum Gasteiger partial charge on any atom is 0.263 e. The Bertz CT molecular complexity index is 730. The predicted molar refractivity (Wildman–Crippen MR) is 86.7 cm³/mol. The lowest BCUT2D eigenvalue weighted by atomic mass is 10.2. The van der Waals surface area contributed by atoms with Crippen LogP contribution in [0.4, 0.5) is 5.82 Å². The summed E-state index contributed by atoms with van der Waals surface area (Å²) in [7, 11) is -3.63. The second kappa shape index (κ2) is 6.55. The highest BCUT2D eigenvalue weighted by molar-refractivity contribution is 9.10. The summed E-state index contributed by atoms with van der Waals surface area (Å²) < 4.78 is 27.9. The van der Waals surface area contributed by atoms with E-state index in [2.05, 4.69) is 25.6 Å². The lowest BCUT2D eigenvalue weighted by molar-refractivity contribution is 0.601. The van der Waals surface area contributed by atoms with E-state index < -0.39 is 10.0 Å². The molecular formula is C14H16BrN3O2S. The van der Waals surface area contributed by atoms with Crippen LogP contribution in [0.5, 0.6) is 0 Å². The summed E-state index contributed by atoms with van der Waals surface area (Å²) in [6.45, 7) is 2.40. The molecule has 0 aliphatic rings. The van der Waals surface area contributed by atoms with Crippen LogP contribution in [0.25, 0.3) is 0 Å². The Morgan fingerprint density at radius 1 is 1.29 bits per heavy atom. The van der Waals surface area contributed by atoms with Crippen molar-refractivity contribution in [3.05, 3.63) is 52.1 Å². The van der Waals surface area contributed by atoms with Crippen molar-refractivity contribution in [2.24, 2.45) is 5.73 Å². The Balaban J connectivity index is 2.23. The van der Waals surface area contributed by atoms with Gasteiger partial charge in [0.25, 0.3) is 10.0 Å². The van der Waals surface area contributed by atoms with Crippen molar-refractivity contribution >= 4 is 31.8 Å². The van der Waals surface area contributed by atoms with Gasteiger partial charge in [-0.15, -0.1) is 0 Å². The minimum Gasteiger partial charge on any atom is -0.330 e. The SMILES string of the molecule is Cc1cc(NS(=O)(=O)c2ccc(CCN)cc2)ncc1Br. The molecule has 0 saturated carbocycles. The summed E-state index contributed by atoms with van der Waals surface area (Å²) in [6, 6.07) is 8.34. The highest BCUT2D eigenvalue weighted by Gasteiger charge is 2.15. The van der Waals surface area contributed by atoms with Gasteiger partial charge in [-0.3, -0.25) is 4.72 Å². The number of nitrogens with two attached hydrogens (primary N) is 1. The zero-order valence-corrected chi connectivity index (χ0v) is 13.9. The van der Waals surface area contributed by atoms with E-state index in [1.807, 2.05) is 6.92 Å². The molecule has 0 spiro atoms. The summed E-state index contributed by atoms with van der Waals surface area (Å²) in [5, 5.41) is 0. The van der Waals surface area contributed by atoms with E-state index in [-0.39, 0.29) is 4.90 Å². The van der Waals surface area contributed by atoms with Crippen LogP contribution in [0.3, 0.4) is 0 Å². The van der Waals surface area contributed by atoms with Crippen LogP contribution in [0, 0.1) is 6.92 Å². The van der Waals surface area contributed by atoms with Gasteiger partial charge in [-0.2, -0.15) is 0 Å². The van der Waals surface area contributed by atoms with Gasteiger partial charge in [0.2, 0.25) is 0 Å². The van der Waals surface area contributed by atoms with Gasteiger partial charge in [0.05, 0.1) is 4.90 Å². The fourth-order valence-electron chi connectivity index (χ4n) is 1.79. The molecule has 1 aromatic carbocycles. The highest BCUT2D eigenvalue weighted by atomic mass is 79.9. The average Bonchev–Trinajstić information content (AvgIpc) is 2.44. The predicted octanol–water partition coefficient (Wildman–Crippen LogP) is 2.45. The van der Waals surface area contributed by atoms with Crippen molar-refractivity contribution in [3.8, 4) is 0 Å². The molecule has 0 fully saturated rings. The zero-order valence-electron chi connectivity index (χ0n) is 11.5. The lowest BCUT2D eigenvalue weighted by Gasteiger charge is -2.09. The zero-order chi connectivity index (χ0) is 15.5. The number of halogens is 1. The molecule has 0 bridgehead atoms. The number of hydrogen-bond acceptors (Lipinski definition) is 4. The van der Waals surface area contributed by atoms with Crippen molar-refractivity contribution in [3.63, 3.8) is 0 Å². The first-order chi connectivity index (χ1) is 9.92. The number of nitrogens with one attached hydrogen (secondary N) is 1. The minimum absolute atomic E-state index is 0.200. The molecular weight excluding hydrogens is 354 g/mol. The van der Waals surface area contributed by atoms with Gasteiger partial charge in [0.1, 0.15) is 5.82 Å². The van der Waals surface area contributed by atoms with E-state index >= 15 is 0 Å². The minimum atomic E-state index is -3.63. The van der Waals surface area contributed by atoms with Gasteiger partial charge >= 0.3 is 0 Å². The second-order valence-corrected chi connectivity index (χ2v) is 7.14. The van der Waals surface area contributed by atoms with Gasteiger partial charge in [-0.25, -0.2) is 13.4 Å². The highest BCUT2D eigenvalue weighted by Crippen LogP contribution is 2.20. The first-order valence-electron chi connectivity index (χ1n) is 6.36. The smallest absolute Gasteiger partial charge is 0.263 e. The second-order valence-electron chi connectivity index (χ2n) is 4.61. The molecule has 2 aromatic rings. The fraction of sp³-hybridized carbons (Fsp3) is 0.214. The van der Waals surface area contributed by atoms with E-state index in [4.69, 9.17) is 5.73 Å². The number of benzene rings is 1. The molecule has 0 radical (unpaired) electrons. The molecule has 0 atom stereocenters. The van der Waals surface area contributed by atoms with Gasteiger partial charge in [0, 0.05) is 10.7 Å². The molecule has 112 valence electrons. The molecule has 21 heavy (non-hydrogen) atoms. The summed E-state index contributed by atoms with van der Waals surface area (Å²) in [5.74, 6) is 0.293. The molecule has 2 rings (SSSR count). The molecule has 0 aliphatic carbocycles. The molecule has 1 aromatic heterocycles.